The number of rotatable bonds is 4. The van der Waals surface area contributed by atoms with Gasteiger partial charge < -0.3 is 19.4 Å². The summed E-state index contributed by atoms with van der Waals surface area (Å²) < 4.78 is 9.64. The van der Waals surface area contributed by atoms with Crippen molar-refractivity contribution in [2.45, 2.75) is 51.0 Å². The normalized spacial score (nSPS) is 21.6. The summed E-state index contributed by atoms with van der Waals surface area (Å²) in [5.74, 6) is -1.36. The summed E-state index contributed by atoms with van der Waals surface area (Å²) in [7, 11) is 2.51. The van der Waals surface area contributed by atoms with Crippen LogP contribution in [0.4, 0.5) is 0 Å². The van der Waals surface area contributed by atoms with Gasteiger partial charge in [-0.2, -0.15) is 0 Å². The van der Waals surface area contributed by atoms with Crippen LogP contribution in [0.25, 0.3) is 10.9 Å². The fourth-order valence-corrected chi connectivity index (χ4v) is 4.76. The third kappa shape index (κ3) is 2.90. The van der Waals surface area contributed by atoms with Gasteiger partial charge in [-0.05, 0) is 31.9 Å². The minimum Gasteiger partial charge on any atom is -0.469 e. The molecule has 1 fully saturated rings. The first-order valence-corrected chi connectivity index (χ1v) is 9.62. The summed E-state index contributed by atoms with van der Waals surface area (Å²) in [6.45, 7) is 4.34. The Kier molecular flexibility index (Phi) is 4.61. The van der Waals surface area contributed by atoms with Crippen molar-refractivity contribution in [3.8, 4) is 0 Å². The van der Waals surface area contributed by atoms with E-state index >= 15 is 0 Å². The first-order valence-electron chi connectivity index (χ1n) is 9.62. The van der Waals surface area contributed by atoms with Crippen molar-refractivity contribution in [3.63, 3.8) is 0 Å². The van der Waals surface area contributed by atoms with E-state index in [1.54, 1.807) is 0 Å². The van der Waals surface area contributed by atoms with Crippen LogP contribution < -0.4 is 0 Å². The largest absolute Gasteiger partial charge is 0.469 e. The average Bonchev–Trinajstić information content (AvgIpc) is 3.17. The van der Waals surface area contributed by atoms with E-state index in [0.29, 0.717) is 13.0 Å². The minimum atomic E-state index is -1.03. The maximum atomic E-state index is 13.5. The number of carbonyl (C=O) groups excluding carboxylic acids is 3. The molecule has 29 heavy (non-hydrogen) atoms. The van der Waals surface area contributed by atoms with E-state index in [9.17, 15) is 14.4 Å². The van der Waals surface area contributed by atoms with Gasteiger partial charge >= 0.3 is 11.9 Å². The van der Waals surface area contributed by atoms with E-state index in [1.165, 1.54) is 19.1 Å². The number of fused-ring (bicyclic) bond motifs is 4. The molecule has 1 N–H and O–H groups in total. The topological polar surface area (TPSA) is 91.9 Å². The molecule has 2 aromatic rings. The third-order valence-corrected chi connectivity index (χ3v) is 6.19. The lowest BCUT2D eigenvalue weighted by atomic mass is 9.96. The molecule has 1 aromatic carbocycles. The van der Waals surface area contributed by atoms with Crippen LogP contribution in [0.2, 0.25) is 0 Å². The van der Waals surface area contributed by atoms with Crippen LogP contribution in [-0.4, -0.2) is 64.6 Å². The first kappa shape index (κ1) is 19.4. The van der Waals surface area contributed by atoms with Crippen LogP contribution >= 0.6 is 0 Å². The van der Waals surface area contributed by atoms with E-state index in [-0.39, 0.29) is 12.3 Å². The monoisotopic (exact) mass is 399 g/mol. The van der Waals surface area contributed by atoms with Crippen LogP contribution in [-0.2, 0) is 36.8 Å². The molecule has 2 atom stereocenters. The van der Waals surface area contributed by atoms with Gasteiger partial charge in [-0.1, -0.05) is 18.2 Å². The summed E-state index contributed by atoms with van der Waals surface area (Å²) in [6, 6.07) is 6.62. The predicted molar refractivity (Wildman–Crippen MR) is 105 cm³/mol. The molecule has 8 heteroatoms. The lowest BCUT2D eigenvalue weighted by molar-refractivity contribution is -0.160. The van der Waals surface area contributed by atoms with Gasteiger partial charge in [0.05, 0.1) is 32.3 Å². The smallest absolute Gasteiger partial charge is 0.329 e. The van der Waals surface area contributed by atoms with Crippen molar-refractivity contribution in [2.24, 2.45) is 0 Å². The van der Waals surface area contributed by atoms with E-state index in [4.69, 9.17) is 9.47 Å². The molecular formula is C21H25N3O5. The van der Waals surface area contributed by atoms with Crippen LogP contribution in [0.5, 0.6) is 0 Å². The minimum absolute atomic E-state index is 0.176. The highest BCUT2D eigenvalue weighted by Crippen LogP contribution is 2.42. The number of H-pyrrole nitrogens is 1. The van der Waals surface area contributed by atoms with Gasteiger partial charge in [0.25, 0.3) is 0 Å². The van der Waals surface area contributed by atoms with Crippen molar-refractivity contribution in [1.82, 2.24) is 14.8 Å². The molecule has 0 unspecified atom stereocenters. The molecule has 2 aliphatic rings. The van der Waals surface area contributed by atoms with Gasteiger partial charge in [0.2, 0.25) is 5.91 Å². The molecule has 0 saturated carbocycles. The Morgan fingerprint density at radius 3 is 2.66 bits per heavy atom. The maximum absolute atomic E-state index is 13.5. The molecule has 1 amide bonds. The third-order valence-electron chi connectivity index (χ3n) is 6.19. The Morgan fingerprint density at radius 1 is 1.24 bits per heavy atom. The number of methoxy groups -OCH3 is 2. The standard InChI is InChI=1S/C21H25N3O5/c1-21(2)23-11-15-13(12-7-5-6-8-14(12)22-15)9-16(23)19(26)24(21)17(20(27)29-4)10-18(25)28-3/h5-8,16-17,22H,9-11H2,1-4H3/t16-,17-/m0/s1. The molecular weight excluding hydrogens is 374 g/mol. The van der Waals surface area contributed by atoms with Gasteiger partial charge in [-0.25, -0.2) is 4.79 Å². The SMILES string of the molecule is COC(=O)C[C@@H](C(=O)OC)N1C(=O)[C@@H]2Cc3c([nH]c4ccccc34)CN2C1(C)C. The van der Waals surface area contributed by atoms with Gasteiger partial charge in [-0.15, -0.1) is 0 Å². The molecule has 1 saturated heterocycles. The van der Waals surface area contributed by atoms with Gasteiger partial charge in [0.1, 0.15) is 6.04 Å². The molecule has 154 valence electrons. The van der Waals surface area contributed by atoms with Gasteiger partial charge in [0, 0.05) is 23.1 Å². The van der Waals surface area contributed by atoms with Crippen molar-refractivity contribution in [1.29, 1.82) is 0 Å². The average molecular weight is 399 g/mol. The molecule has 0 bridgehead atoms. The molecule has 3 heterocycles. The number of hydrogen-bond donors (Lipinski definition) is 1. The van der Waals surface area contributed by atoms with E-state index in [1.807, 2.05) is 32.0 Å². The molecule has 2 aliphatic heterocycles. The Morgan fingerprint density at radius 2 is 1.97 bits per heavy atom. The first-order chi connectivity index (χ1) is 13.8. The highest BCUT2D eigenvalue weighted by atomic mass is 16.5. The van der Waals surface area contributed by atoms with E-state index < -0.39 is 29.7 Å². The zero-order valence-corrected chi connectivity index (χ0v) is 17.0. The summed E-state index contributed by atoms with van der Waals surface area (Å²) in [6.07, 6.45) is 0.303. The lowest BCUT2D eigenvalue weighted by Gasteiger charge is -2.42. The Labute approximate surface area is 168 Å². The molecule has 4 rings (SSSR count). The molecule has 1 aromatic heterocycles. The highest BCUT2D eigenvalue weighted by molar-refractivity contribution is 5.94. The number of carbonyl (C=O) groups is 3. The zero-order valence-electron chi connectivity index (χ0n) is 17.0. The van der Waals surface area contributed by atoms with E-state index in [0.717, 1.165) is 22.2 Å². The fraction of sp³-hybridized carbons (Fsp3) is 0.476. The van der Waals surface area contributed by atoms with Gasteiger partial charge in [-0.3, -0.25) is 14.5 Å². The number of hydrogen-bond acceptors (Lipinski definition) is 6. The number of esters is 2. The van der Waals surface area contributed by atoms with Crippen molar-refractivity contribution < 1.29 is 23.9 Å². The summed E-state index contributed by atoms with van der Waals surface area (Å²) in [4.78, 5) is 44.9. The van der Waals surface area contributed by atoms with Crippen molar-refractivity contribution >= 4 is 28.7 Å². The number of aromatic nitrogens is 1. The van der Waals surface area contributed by atoms with Crippen LogP contribution in [0.1, 0.15) is 31.5 Å². The second-order valence-electron chi connectivity index (χ2n) is 8.00. The predicted octanol–water partition coefficient (Wildman–Crippen LogP) is 1.58. The Balaban J connectivity index is 1.72. The van der Waals surface area contributed by atoms with Crippen LogP contribution in [0.15, 0.2) is 24.3 Å². The molecule has 0 radical (unpaired) electrons. The van der Waals surface area contributed by atoms with Crippen molar-refractivity contribution in [2.75, 3.05) is 14.2 Å². The van der Waals surface area contributed by atoms with E-state index in [2.05, 4.69) is 16.0 Å². The van der Waals surface area contributed by atoms with Crippen LogP contribution in [0.3, 0.4) is 0 Å². The number of nitrogens with one attached hydrogen (secondary N) is 1. The fourth-order valence-electron chi connectivity index (χ4n) is 4.76. The zero-order chi connectivity index (χ0) is 20.9. The number of benzene rings is 1. The summed E-state index contributed by atoms with van der Waals surface area (Å²) in [5, 5.41) is 1.12. The number of para-hydroxylation sites is 1. The number of amides is 1. The Bertz CT molecular complexity index is 995. The summed E-state index contributed by atoms with van der Waals surface area (Å²) >= 11 is 0. The quantitative estimate of drug-likeness (QED) is 0.785. The Hall–Kier alpha value is -2.87. The second kappa shape index (κ2) is 6.88. The number of aromatic amines is 1. The molecule has 0 spiro atoms. The lowest BCUT2D eigenvalue weighted by Crippen LogP contribution is -2.56. The maximum Gasteiger partial charge on any atom is 0.329 e. The molecule has 0 aliphatic carbocycles. The van der Waals surface area contributed by atoms with Crippen molar-refractivity contribution in [3.05, 3.63) is 35.5 Å². The second-order valence-corrected chi connectivity index (χ2v) is 8.00. The highest BCUT2D eigenvalue weighted by Gasteiger charge is 2.57. The summed E-state index contributed by atoms with van der Waals surface area (Å²) in [5.41, 5.74) is 2.49. The van der Waals surface area contributed by atoms with Gasteiger partial charge in [0.15, 0.2) is 0 Å². The number of ether oxygens (including phenoxy) is 2. The van der Waals surface area contributed by atoms with Crippen LogP contribution in [0, 0.1) is 0 Å². The molecule has 8 nitrogen and oxygen atoms in total. The number of nitrogens with zero attached hydrogens (tertiary/aromatic N) is 2.